The van der Waals surface area contributed by atoms with E-state index in [9.17, 15) is 4.79 Å². The van der Waals surface area contributed by atoms with Crippen molar-refractivity contribution in [1.82, 2.24) is 14.8 Å². The van der Waals surface area contributed by atoms with Crippen LogP contribution in [0.3, 0.4) is 0 Å². The molecule has 0 saturated carbocycles. The van der Waals surface area contributed by atoms with E-state index in [2.05, 4.69) is 29.4 Å². The first-order valence-corrected chi connectivity index (χ1v) is 9.70. The summed E-state index contributed by atoms with van der Waals surface area (Å²) >= 11 is 1.40. The van der Waals surface area contributed by atoms with Crippen LogP contribution in [0.5, 0.6) is 0 Å². The van der Waals surface area contributed by atoms with Gasteiger partial charge in [0, 0.05) is 17.8 Å². The van der Waals surface area contributed by atoms with Crippen LogP contribution in [0.25, 0.3) is 11.4 Å². The van der Waals surface area contributed by atoms with E-state index in [0.29, 0.717) is 5.75 Å². The summed E-state index contributed by atoms with van der Waals surface area (Å²) in [6.07, 6.45) is 0.987. The Kier molecular flexibility index (Phi) is 6.07. The van der Waals surface area contributed by atoms with Crippen LogP contribution < -0.4 is 5.32 Å². The molecule has 1 amide bonds. The fourth-order valence-electron chi connectivity index (χ4n) is 2.63. The zero-order valence-electron chi connectivity index (χ0n) is 15.0. The third-order valence-electron chi connectivity index (χ3n) is 4.04. The predicted molar refractivity (Wildman–Crippen MR) is 106 cm³/mol. The molecule has 0 radical (unpaired) electrons. The van der Waals surface area contributed by atoms with Crippen molar-refractivity contribution in [2.45, 2.75) is 32.0 Å². The zero-order valence-corrected chi connectivity index (χ0v) is 15.8. The van der Waals surface area contributed by atoms with E-state index in [-0.39, 0.29) is 5.91 Å². The average molecular weight is 366 g/mol. The van der Waals surface area contributed by atoms with Crippen molar-refractivity contribution in [2.24, 2.45) is 0 Å². The number of aryl methyl sites for hydroxylation is 1. The van der Waals surface area contributed by atoms with Crippen LogP contribution in [0.4, 0.5) is 5.69 Å². The summed E-state index contributed by atoms with van der Waals surface area (Å²) in [6, 6.07) is 17.9. The number of carbonyl (C=O) groups excluding carboxylic acids is 1. The number of thioether (sulfide) groups is 1. The molecule has 134 valence electrons. The van der Waals surface area contributed by atoms with Gasteiger partial charge in [-0.2, -0.15) is 0 Å². The highest BCUT2D eigenvalue weighted by Crippen LogP contribution is 2.24. The first-order valence-electron chi connectivity index (χ1n) is 8.71. The molecule has 2 aromatic carbocycles. The highest BCUT2D eigenvalue weighted by molar-refractivity contribution is 7.99. The molecule has 3 rings (SSSR count). The lowest BCUT2D eigenvalue weighted by Gasteiger charge is -2.08. The highest BCUT2D eigenvalue weighted by atomic mass is 32.2. The number of nitrogens with one attached hydrogen (secondary N) is 1. The molecule has 26 heavy (non-hydrogen) atoms. The van der Waals surface area contributed by atoms with Gasteiger partial charge in [0.15, 0.2) is 11.0 Å². The van der Waals surface area contributed by atoms with Crippen molar-refractivity contribution in [1.29, 1.82) is 0 Å². The van der Waals surface area contributed by atoms with Gasteiger partial charge in [-0.3, -0.25) is 4.79 Å². The summed E-state index contributed by atoms with van der Waals surface area (Å²) < 4.78 is 2.03. The van der Waals surface area contributed by atoms with Gasteiger partial charge in [-0.1, -0.05) is 61.2 Å². The molecule has 0 bridgehead atoms. The first kappa shape index (κ1) is 18.2. The topological polar surface area (TPSA) is 59.8 Å². The summed E-state index contributed by atoms with van der Waals surface area (Å²) in [5.41, 5.74) is 3.09. The van der Waals surface area contributed by atoms with Crippen LogP contribution in [0.2, 0.25) is 0 Å². The zero-order chi connectivity index (χ0) is 18.4. The minimum absolute atomic E-state index is 0.0498. The van der Waals surface area contributed by atoms with Crippen LogP contribution in [0.15, 0.2) is 59.8 Å². The number of carbonyl (C=O) groups is 1. The van der Waals surface area contributed by atoms with Gasteiger partial charge in [0.05, 0.1) is 5.75 Å². The van der Waals surface area contributed by atoms with Gasteiger partial charge in [-0.25, -0.2) is 0 Å². The Bertz CT molecular complexity index is 859. The maximum absolute atomic E-state index is 12.2. The number of amides is 1. The fourth-order valence-corrected chi connectivity index (χ4v) is 3.43. The molecule has 0 aliphatic rings. The largest absolute Gasteiger partial charge is 0.325 e. The second kappa shape index (κ2) is 8.67. The molecule has 0 aliphatic carbocycles. The molecular weight excluding hydrogens is 344 g/mol. The number of nitrogens with zero attached hydrogens (tertiary/aromatic N) is 3. The molecule has 0 unspecified atom stereocenters. The molecule has 5 nitrogen and oxygen atoms in total. The van der Waals surface area contributed by atoms with Gasteiger partial charge in [0.2, 0.25) is 5.91 Å². The van der Waals surface area contributed by atoms with Crippen molar-refractivity contribution in [3.05, 3.63) is 60.2 Å². The van der Waals surface area contributed by atoms with E-state index < -0.39 is 0 Å². The summed E-state index contributed by atoms with van der Waals surface area (Å²) in [7, 11) is 0. The molecule has 1 aromatic heterocycles. The lowest BCUT2D eigenvalue weighted by Crippen LogP contribution is -2.14. The highest BCUT2D eigenvalue weighted by Gasteiger charge is 2.14. The summed E-state index contributed by atoms with van der Waals surface area (Å²) in [5.74, 6) is 1.07. The Hall–Kier alpha value is -2.60. The minimum atomic E-state index is -0.0498. The number of benzene rings is 2. The maximum atomic E-state index is 12.2. The number of aromatic nitrogens is 3. The minimum Gasteiger partial charge on any atom is -0.325 e. The van der Waals surface area contributed by atoms with Crippen molar-refractivity contribution in [3.63, 3.8) is 0 Å². The molecule has 0 fully saturated rings. The molecule has 3 aromatic rings. The third kappa shape index (κ3) is 4.32. The summed E-state index contributed by atoms with van der Waals surface area (Å²) in [5, 5.41) is 12.2. The SMILES string of the molecule is CCc1ccc(NC(=O)CSc2nnc(-c3ccccc3)n2CC)cc1. The van der Waals surface area contributed by atoms with Crippen LogP contribution >= 0.6 is 11.8 Å². The van der Waals surface area contributed by atoms with E-state index in [0.717, 1.165) is 35.2 Å². The average Bonchev–Trinajstić information content (AvgIpc) is 3.10. The second-order valence-electron chi connectivity index (χ2n) is 5.80. The number of hydrogen-bond donors (Lipinski definition) is 1. The smallest absolute Gasteiger partial charge is 0.234 e. The van der Waals surface area contributed by atoms with E-state index >= 15 is 0 Å². The molecule has 0 aliphatic heterocycles. The van der Waals surface area contributed by atoms with Gasteiger partial charge < -0.3 is 9.88 Å². The molecule has 1 N–H and O–H groups in total. The lowest BCUT2D eigenvalue weighted by molar-refractivity contribution is -0.113. The van der Waals surface area contributed by atoms with E-state index in [1.165, 1.54) is 17.3 Å². The number of rotatable bonds is 7. The molecule has 1 heterocycles. The van der Waals surface area contributed by atoms with Crippen LogP contribution in [-0.2, 0) is 17.8 Å². The first-order chi connectivity index (χ1) is 12.7. The Balaban J connectivity index is 1.64. The van der Waals surface area contributed by atoms with Crippen molar-refractivity contribution in [2.75, 3.05) is 11.1 Å². The maximum Gasteiger partial charge on any atom is 0.234 e. The molecule has 0 saturated heterocycles. The van der Waals surface area contributed by atoms with Crippen molar-refractivity contribution < 1.29 is 4.79 Å². The van der Waals surface area contributed by atoms with E-state index in [1.807, 2.05) is 59.2 Å². The van der Waals surface area contributed by atoms with Crippen LogP contribution in [-0.4, -0.2) is 26.4 Å². The third-order valence-corrected chi connectivity index (χ3v) is 5.01. The van der Waals surface area contributed by atoms with Gasteiger partial charge in [0.25, 0.3) is 0 Å². The monoisotopic (exact) mass is 366 g/mol. The van der Waals surface area contributed by atoms with Crippen LogP contribution in [0, 0.1) is 0 Å². The lowest BCUT2D eigenvalue weighted by atomic mass is 10.1. The Labute approximate surface area is 157 Å². The van der Waals surface area contributed by atoms with Crippen LogP contribution in [0.1, 0.15) is 19.4 Å². The molecule has 6 heteroatoms. The summed E-state index contributed by atoms with van der Waals surface area (Å²) in [4.78, 5) is 12.2. The summed E-state index contributed by atoms with van der Waals surface area (Å²) in [6.45, 7) is 4.91. The normalized spacial score (nSPS) is 10.7. The molecule has 0 spiro atoms. The Morgan fingerprint density at radius 3 is 2.42 bits per heavy atom. The quantitative estimate of drug-likeness (QED) is 0.635. The van der Waals surface area contributed by atoms with Gasteiger partial charge in [0.1, 0.15) is 0 Å². The predicted octanol–water partition coefficient (Wildman–Crippen LogP) is 4.26. The van der Waals surface area contributed by atoms with E-state index in [1.54, 1.807) is 0 Å². The fraction of sp³-hybridized carbons (Fsp3) is 0.250. The van der Waals surface area contributed by atoms with E-state index in [4.69, 9.17) is 0 Å². The Morgan fingerprint density at radius 2 is 1.77 bits per heavy atom. The second-order valence-corrected chi connectivity index (χ2v) is 6.75. The van der Waals surface area contributed by atoms with Crippen molar-refractivity contribution >= 4 is 23.4 Å². The molecule has 0 atom stereocenters. The van der Waals surface area contributed by atoms with Gasteiger partial charge >= 0.3 is 0 Å². The van der Waals surface area contributed by atoms with Gasteiger partial charge in [-0.05, 0) is 31.0 Å². The number of anilines is 1. The van der Waals surface area contributed by atoms with Gasteiger partial charge in [-0.15, -0.1) is 10.2 Å². The van der Waals surface area contributed by atoms with Crippen molar-refractivity contribution in [3.8, 4) is 11.4 Å². The standard InChI is InChI=1S/C20H22N4OS/c1-3-15-10-12-17(13-11-15)21-18(25)14-26-20-23-22-19(24(20)4-2)16-8-6-5-7-9-16/h5-13H,3-4,14H2,1-2H3,(H,21,25). The number of hydrogen-bond acceptors (Lipinski definition) is 4. The Morgan fingerprint density at radius 1 is 1.04 bits per heavy atom. The molecular formula is C20H22N4OS.